The lowest BCUT2D eigenvalue weighted by Gasteiger charge is -2.41. The molecular weight excluding hydrogens is 286 g/mol. The van der Waals surface area contributed by atoms with Crippen LogP contribution in [0.4, 0.5) is 0 Å². The van der Waals surface area contributed by atoms with E-state index in [1.807, 2.05) is 36.4 Å². The average Bonchev–Trinajstić information content (AvgIpc) is 2.58. The Labute approximate surface area is 137 Å². The van der Waals surface area contributed by atoms with Crippen molar-refractivity contribution in [2.24, 2.45) is 5.92 Å². The predicted octanol–water partition coefficient (Wildman–Crippen LogP) is 4.03. The molecule has 0 bridgehead atoms. The van der Waals surface area contributed by atoms with Crippen molar-refractivity contribution in [1.29, 1.82) is 0 Å². The predicted molar refractivity (Wildman–Crippen MR) is 90.8 cm³/mol. The highest BCUT2D eigenvalue weighted by molar-refractivity contribution is 5.73. The molecule has 1 aliphatic heterocycles. The van der Waals surface area contributed by atoms with E-state index in [0.717, 1.165) is 17.5 Å². The molecule has 0 aliphatic carbocycles. The summed E-state index contributed by atoms with van der Waals surface area (Å²) in [6.07, 6.45) is 0.773. The van der Waals surface area contributed by atoms with Crippen molar-refractivity contribution in [3.05, 3.63) is 71.8 Å². The number of hydrogen-bond donors (Lipinski definition) is 1. The van der Waals surface area contributed by atoms with Crippen LogP contribution in [0, 0.1) is 5.92 Å². The number of ether oxygens (including phenoxy) is 1. The van der Waals surface area contributed by atoms with E-state index in [-0.39, 0.29) is 30.1 Å². The molecule has 2 aromatic carbocycles. The van der Waals surface area contributed by atoms with Crippen molar-refractivity contribution < 1.29 is 9.53 Å². The Hall–Kier alpha value is -2.13. The van der Waals surface area contributed by atoms with E-state index >= 15 is 0 Å². The van der Waals surface area contributed by atoms with Crippen molar-refractivity contribution in [3.63, 3.8) is 0 Å². The van der Waals surface area contributed by atoms with Gasteiger partial charge in [0.2, 0.25) is 5.91 Å². The third-order valence-electron chi connectivity index (χ3n) is 4.58. The van der Waals surface area contributed by atoms with E-state index in [0.29, 0.717) is 0 Å². The summed E-state index contributed by atoms with van der Waals surface area (Å²) in [5, 5.41) is 3.11. The summed E-state index contributed by atoms with van der Waals surface area (Å²) in [5.74, 6) is 0.239. The largest absolute Gasteiger partial charge is 0.365 e. The molecule has 23 heavy (non-hydrogen) atoms. The van der Waals surface area contributed by atoms with E-state index < -0.39 is 0 Å². The molecule has 3 rings (SSSR count). The number of benzene rings is 2. The van der Waals surface area contributed by atoms with Gasteiger partial charge in [-0.3, -0.25) is 4.79 Å². The van der Waals surface area contributed by atoms with Gasteiger partial charge >= 0.3 is 0 Å². The van der Waals surface area contributed by atoms with Crippen LogP contribution in [0.2, 0.25) is 0 Å². The highest BCUT2D eigenvalue weighted by Crippen LogP contribution is 2.42. The SMILES string of the molecule is CC(=O)N[C@@H]1C[C@@H](c2ccccc2)O[C@@H](c2ccccc2)[C@@H]1C. The fourth-order valence-electron chi connectivity index (χ4n) is 3.37. The molecule has 4 atom stereocenters. The van der Waals surface area contributed by atoms with Crippen molar-refractivity contribution in [2.75, 3.05) is 0 Å². The molecule has 3 nitrogen and oxygen atoms in total. The Morgan fingerprint density at radius 3 is 2.13 bits per heavy atom. The fraction of sp³-hybridized carbons (Fsp3) is 0.350. The molecule has 0 saturated carbocycles. The van der Waals surface area contributed by atoms with Crippen LogP contribution in [0.3, 0.4) is 0 Å². The van der Waals surface area contributed by atoms with Crippen LogP contribution in [0.5, 0.6) is 0 Å². The van der Waals surface area contributed by atoms with Gasteiger partial charge in [-0.1, -0.05) is 67.6 Å². The van der Waals surface area contributed by atoms with Crippen LogP contribution in [0.1, 0.15) is 43.6 Å². The second-order valence-electron chi connectivity index (χ2n) is 6.27. The Morgan fingerprint density at radius 2 is 1.57 bits per heavy atom. The van der Waals surface area contributed by atoms with Gasteiger partial charge in [-0.25, -0.2) is 0 Å². The van der Waals surface area contributed by atoms with Crippen molar-refractivity contribution in [3.8, 4) is 0 Å². The minimum atomic E-state index is -0.0213. The molecule has 120 valence electrons. The Bertz CT molecular complexity index is 641. The zero-order chi connectivity index (χ0) is 16.2. The van der Waals surface area contributed by atoms with E-state index in [9.17, 15) is 4.79 Å². The lowest BCUT2D eigenvalue weighted by atomic mass is 9.83. The number of amides is 1. The first-order valence-corrected chi connectivity index (χ1v) is 8.17. The van der Waals surface area contributed by atoms with Crippen LogP contribution in [-0.2, 0) is 9.53 Å². The fourth-order valence-corrected chi connectivity index (χ4v) is 3.37. The summed E-state index contributed by atoms with van der Waals surface area (Å²) in [5.41, 5.74) is 2.33. The van der Waals surface area contributed by atoms with Gasteiger partial charge in [0, 0.05) is 18.9 Å². The maximum absolute atomic E-state index is 11.6. The molecule has 0 unspecified atom stereocenters. The molecular formula is C20H23NO2. The second kappa shape index (κ2) is 6.97. The van der Waals surface area contributed by atoms with Crippen LogP contribution in [0.15, 0.2) is 60.7 Å². The maximum Gasteiger partial charge on any atom is 0.217 e. The number of nitrogens with one attached hydrogen (secondary N) is 1. The van der Waals surface area contributed by atoms with Gasteiger partial charge < -0.3 is 10.1 Å². The van der Waals surface area contributed by atoms with Gasteiger partial charge in [0.1, 0.15) is 0 Å². The minimum absolute atomic E-state index is 0.00513. The highest BCUT2D eigenvalue weighted by atomic mass is 16.5. The topological polar surface area (TPSA) is 38.3 Å². The molecule has 1 aliphatic rings. The zero-order valence-electron chi connectivity index (χ0n) is 13.6. The highest BCUT2D eigenvalue weighted by Gasteiger charge is 2.37. The number of hydrogen-bond acceptors (Lipinski definition) is 2. The number of carbonyl (C=O) groups is 1. The van der Waals surface area contributed by atoms with Gasteiger partial charge in [-0.2, -0.15) is 0 Å². The monoisotopic (exact) mass is 309 g/mol. The van der Waals surface area contributed by atoms with E-state index in [2.05, 4.69) is 36.5 Å². The zero-order valence-corrected chi connectivity index (χ0v) is 13.6. The van der Waals surface area contributed by atoms with Gasteiger partial charge in [0.25, 0.3) is 0 Å². The van der Waals surface area contributed by atoms with E-state index in [4.69, 9.17) is 4.74 Å². The molecule has 2 aromatic rings. The molecule has 0 aromatic heterocycles. The standard InChI is InChI=1S/C20H23NO2/c1-14-18(21-15(2)22)13-19(16-9-5-3-6-10-16)23-20(14)17-11-7-4-8-12-17/h3-12,14,18-20H,13H2,1-2H3,(H,21,22)/t14-,18-,19+,20-/m1/s1. The van der Waals surface area contributed by atoms with Gasteiger partial charge in [-0.05, 0) is 17.5 Å². The Morgan fingerprint density at radius 1 is 1.00 bits per heavy atom. The van der Waals surface area contributed by atoms with E-state index in [1.54, 1.807) is 6.92 Å². The third-order valence-corrected chi connectivity index (χ3v) is 4.58. The summed E-state index contributed by atoms with van der Waals surface area (Å²) in [4.78, 5) is 11.6. The molecule has 1 N–H and O–H groups in total. The van der Waals surface area contributed by atoms with Crippen LogP contribution in [0.25, 0.3) is 0 Å². The van der Waals surface area contributed by atoms with Crippen LogP contribution < -0.4 is 5.32 Å². The minimum Gasteiger partial charge on any atom is -0.365 e. The van der Waals surface area contributed by atoms with Gasteiger partial charge in [-0.15, -0.1) is 0 Å². The first-order valence-electron chi connectivity index (χ1n) is 8.17. The summed E-state index contributed by atoms with van der Waals surface area (Å²) in [6.45, 7) is 3.73. The number of rotatable bonds is 3. The van der Waals surface area contributed by atoms with Crippen LogP contribution in [-0.4, -0.2) is 11.9 Å². The molecule has 1 heterocycles. The summed E-state index contributed by atoms with van der Waals surface area (Å²) >= 11 is 0. The van der Waals surface area contributed by atoms with E-state index in [1.165, 1.54) is 0 Å². The van der Waals surface area contributed by atoms with Gasteiger partial charge in [0.05, 0.1) is 12.2 Å². The summed E-state index contributed by atoms with van der Waals surface area (Å²) in [6, 6.07) is 20.6. The van der Waals surface area contributed by atoms with Gasteiger partial charge in [0.15, 0.2) is 0 Å². The van der Waals surface area contributed by atoms with Crippen LogP contribution >= 0.6 is 0 Å². The quantitative estimate of drug-likeness (QED) is 0.929. The molecule has 0 radical (unpaired) electrons. The average molecular weight is 309 g/mol. The molecule has 3 heteroatoms. The smallest absolute Gasteiger partial charge is 0.217 e. The molecule has 0 spiro atoms. The molecule has 1 amide bonds. The second-order valence-corrected chi connectivity index (χ2v) is 6.27. The molecule has 1 saturated heterocycles. The Balaban J connectivity index is 1.90. The summed E-state index contributed by atoms with van der Waals surface area (Å²) in [7, 11) is 0. The first-order chi connectivity index (χ1) is 11.1. The summed E-state index contributed by atoms with van der Waals surface area (Å²) < 4.78 is 6.43. The molecule has 1 fully saturated rings. The van der Waals surface area contributed by atoms with Crippen molar-refractivity contribution in [1.82, 2.24) is 5.32 Å². The number of carbonyl (C=O) groups excluding carboxylic acids is 1. The lowest BCUT2D eigenvalue weighted by molar-refractivity contribution is -0.126. The van der Waals surface area contributed by atoms with Crippen molar-refractivity contribution in [2.45, 2.75) is 38.5 Å². The lowest BCUT2D eigenvalue weighted by Crippen LogP contribution is -2.45. The maximum atomic E-state index is 11.6. The van der Waals surface area contributed by atoms with Crippen molar-refractivity contribution >= 4 is 5.91 Å². The third kappa shape index (κ3) is 3.62. The Kier molecular flexibility index (Phi) is 4.77. The normalized spacial score (nSPS) is 27.4. The first kappa shape index (κ1) is 15.8.